The van der Waals surface area contributed by atoms with E-state index in [-0.39, 0.29) is 5.91 Å². The zero-order valence-corrected chi connectivity index (χ0v) is 14.8. The number of benzene rings is 1. The molecule has 0 saturated carbocycles. The molecule has 130 valence electrons. The van der Waals surface area contributed by atoms with Gasteiger partial charge >= 0.3 is 0 Å². The van der Waals surface area contributed by atoms with Gasteiger partial charge in [0.05, 0.1) is 5.52 Å². The smallest absolute Gasteiger partial charge is 0.248 e. The molecule has 0 saturated heterocycles. The lowest BCUT2D eigenvalue weighted by molar-refractivity contribution is 0.0886. The van der Waals surface area contributed by atoms with Crippen LogP contribution in [0.2, 0.25) is 0 Å². The molecule has 0 atom stereocenters. The summed E-state index contributed by atoms with van der Waals surface area (Å²) in [6.45, 7) is 2.25. The van der Waals surface area contributed by atoms with Crippen molar-refractivity contribution < 1.29 is 4.79 Å². The molecule has 0 aliphatic rings. The van der Waals surface area contributed by atoms with Gasteiger partial charge < -0.3 is 0 Å². The minimum atomic E-state index is 0.0311. The van der Waals surface area contributed by atoms with Crippen molar-refractivity contribution >= 4 is 16.9 Å². The molecular formula is C20H29N3O. The van der Waals surface area contributed by atoms with Crippen LogP contribution in [0.1, 0.15) is 75.9 Å². The highest BCUT2D eigenvalue weighted by molar-refractivity contribution is 5.88. The Morgan fingerprint density at radius 3 is 2.50 bits per heavy atom. The van der Waals surface area contributed by atoms with Crippen molar-refractivity contribution in [1.82, 2.24) is 15.0 Å². The van der Waals surface area contributed by atoms with Gasteiger partial charge in [0, 0.05) is 6.42 Å². The van der Waals surface area contributed by atoms with Crippen LogP contribution in [0.5, 0.6) is 0 Å². The third kappa shape index (κ3) is 5.91. The van der Waals surface area contributed by atoms with Crippen molar-refractivity contribution in [2.75, 3.05) is 0 Å². The fraction of sp³-hybridized carbons (Fsp3) is 0.550. The highest BCUT2D eigenvalue weighted by Gasteiger charge is 2.10. The largest absolute Gasteiger partial charge is 0.273 e. The molecule has 0 radical (unpaired) electrons. The number of hydrogen-bond acceptors (Lipinski definition) is 3. The minimum Gasteiger partial charge on any atom is -0.273 e. The first-order chi connectivity index (χ1) is 11.8. The topological polar surface area (TPSA) is 47.8 Å². The summed E-state index contributed by atoms with van der Waals surface area (Å²) in [5.74, 6) is 0.0311. The van der Waals surface area contributed by atoms with E-state index < -0.39 is 0 Å². The van der Waals surface area contributed by atoms with E-state index >= 15 is 0 Å². The number of para-hydroxylation sites is 1. The molecule has 0 fully saturated rings. The third-order valence-electron chi connectivity index (χ3n) is 4.24. The summed E-state index contributed by atoms with van der Waals surface area (Å²) in [4.78, 5) is 12.2. The summed E-state index contributed by atoms with van der Waals surface area (Å²) in [5, 5.41) is 7.99. The van der Waals surface area contributed by atoms with Gasteiger partial charge in [-0.2, -0.15) is 4.68 Å². The fourth-order valence-electron chi connectivity index (χ4n) is 2.80. The Hall–Kier alpha value is -1.97. The van der Waals surface area contributed by atoms with E-state index in [1.807, 2.05) is 24.3 Å². The molecule has 4 heteroatoms. The van der Waals surface area contributed by atoms with Crippen molar-refractivity contribution in [2.24, 2.45) is 0 Å². The molecule has 0 spiro atoms. The van der Waals surface area contributed by atoms with Gasteiger partial charge in [0.25, 0.3) is 0 Å². The molecule has 0 amide bonds. The molecular weight excluding hydrogens is 298 g/mol. The molecule has 2 aromatic rings. The van der Waals surface area contributed by atoms with Gasteiger partial charge in [-0.05, 0) is 44.2 Å². The van der Waals surface area contributed by atoms with Crippen LogP contribution in [-0.4, -0.2) is 20.9 Å². The molecule has 0 aliphatic carbocycles. The van der Waals surface area contributed by atoms with Crippen molar-refractivity contribution in [3.8, 4) is 0 Å². The van der Waals surface area contributed by atoms with Crippen LogP contribution in [0, 0.1) is 0 Å². The molecule has 0 aliphatic heterocycles. The second-order valence-corrected chi connectivity index (χ2v) is 6.30. The lowest BCUT2D eigenvalue weighted by Crippen LogP contribution is -2.11. The third-order valence-corrected chi connectivity index (χ3v) is 4.24. The van der Waals surface area contributed by atoms with Gasteiger partial charge in [0.2, 0.25) is 5.91 Å². The van der Waals surface area contributed by atoms with E-state index in [2.05, 4.69) is 29.4 Å². The number of unbranched alkanes of at least 4 members (excludes halogenated alkanes) is 7. The monoisotopic (exact) mass is 327 g/mol. The first kappa shape index (κ1) is 18.4. The summed E-state index contributed by atoms with van der Waals surface area (Å²) in [6.07, 6.45) is 15.9. The van der Waals surface area contributed by atoms with Crippen molar-refractivity contribution in [3.63, 3.8) is 0 Å². The molecule has 0 N–H and O–H groups in total. The van der Waals surface area contributed by atoms with Gasteiger partial charge in [0.15, 0.2) is 0 Å². The molecule has 24 heavy (non-hydrogen) atoms. The lowest BCUT2D eigenvalue weighted by atomic mass is 10.1. The molecule has 4 nitrogen and oxygen atoms in total. The quantitative estimate of drug-likeness (QED) is 0.401. The predicted molar refractivity (Wildman–Crippen MR) is 99.1 cm³/mol. The Morgan fingerprint density at radius 1 is 1.00 bits per heavy atom. The Kier molecular flexibility index (Phi) is 8.22. The fourth-order valence-corrected chi connectivity index (χ4v) is 2.80. The van der Waals surface area contributed by atoms with Crippen LogP contribution in [0.3, 0.4) is 0 Å². The van der Waals surface area contributed by atoms with E-state index in [0.29, 0.717) is 6.42 Å². The van der Waals surface area contributed by atoms with E-state index in [0.717, 1.165) is 30.3 Å². The van der Waals surface area contributed by atoms with Crippen molar-refractivity contribution in [2.45, 2.75) is 71.1 Å². The Bertz CT molecular complexity index is 645. The van der Waals surface area contributed by atoms with Crippen LogP contribution >= 0.6 is 0 Å². The molecule has 1 aromatic carbocycles. The normalized spacial score (nSPS) is 11.5. The number of rotatable bonds is 11. The molecule has 1 heterocycles. The van der Waals surface area contributed by atoms with Gasteiger partial charge in [-0.3, -0.25) is 4.79 Å². The average Bonchev–Trinajstić information content (AvgIpc) is 3.03. The standard InChI is InChI=1S/C20H29N3O/c1-2-3-4-5-6-7-8-9-10-11-12-17-20(24)23-19-16-14-13-15-18(19)21-22-23/h8-9,13-16H,2-7,10-12,17H2,1H3/b9-8+. The molecule has 2 rings (SSSR count). The van der Waals surface area contributed by atoms with Gasteiger partial charge in [-0.25, -0.2) is 0 Å². The lowest BCUT2D eigenvalue weighted by Gasteiger charge is -2.00. The van der Waals surface area contributed by atoms with E-state index in [4.69, 9.17) is 0 Å². The van der Waals surface area contributed by atoms with Crippen LogP contribution < -0.4 is 0 Å². The van der Waals surface area contributed by atoms with Crippen molar-refractivity contribution in [3.05, 3.63) is 36.4 Å². The number of allylic oxidation sites excluding steroid dienone is 2. The maximum atomic E-state index is 12.2. The maximum absolute atomic E-state index is 12.2. The number of carbonyl (C=O) groups is 1. The molecule has 1 aromatic heterocycles. The first-order valence-electron chi connectivity index (χ1n) is 9.31. The minimum absolute atomic E-state index is 0.0311. The van der Waals surface area contributed by atoms with Gasteiger partial charge in [-0.1, -0.05) is 62.1 Å². The SMILES string of the molecule is CCCCCCC/C=C/CCCCC(=O)n1nnc2ccccc21. The average molecular weight is 327 g/mol. The second-order valence-electron chi connectivity index (χ2n) is 6.30. The van der Waals surface area contributed by atoms with Crippen LogP contribution in [0.25, 0.3) is 11.0 Å². The van der Waals surface area contributed by atoms with E-state index in [9.17, 15) is 4.79 Å². The highest BCUT2D eigenvalue weighted by atomic mass is 16.2. The molecule has 0 unspecified atom stereocenters. The van der Waals surface area contributed by atoms with Crippen LogP contribution in [0.4, 0.5) is 0 Å². The summed E-state index contributed by atoms with van der Waals surface area (Å²) >= 11 is 0. The molecule has 0 bridgehead atoms. The van der Waals surface area contributed by atoms with E-state index in [1.54, 1.807) is 0 Å². The summed E-state index contributed by atoms with van der Waals surface area (Å²) < 4.78 is 1.43. The number of aromatic nitrogens is 3. The van der Waals surface area contributed by atoms with E-state index in [1.165, 1.54) is 43.2 Å². The zero-order chi connectivity index (χ0) is 17.0. The Morgan fingerprint density at radius 2 is 1.71 bits per heavy atom. The van der Waals surface area contributed by atoms with Crippen LogP contribution in [0.15, 0.2) is 36.4 Å². The summed E-state index contributed by atoms with van der Waals surface area (Å²) in [6, 6.07) is 7.57. The second kappa shape index (κ2) is 10.7. The Labute approximate surface area is 144 Å². The number of nitrogens with zero attached hydrogens (tertiary/aromatic N) is 3. The number of carbonyl (C=O) groups excluding carboxylic acids is 1. The van der Waals surface area contributed by atoms with Gasteiger partial charge in [0.1, 0.15) is 5.52 Å². The highest BCUT2D eigenvalue weighted by Crippen LogP contribution is 2.12. The number of hydrogen-bond donors (Lipinski definition) is 0. The van der Waals surface area contributed by atoms with Gasteiger partial charge in [-0.15, -0.1) is 5.10 Å². The summed E-state index contributed by atoms with van der Waals surface area (Å²) in [5.41, 5.74) is 1.57. The first-order valence-corrected chi connectivity index (χ1v) is 9.31. The predicted octanol–water partition coefficient (Wildman–Crippen LogP) is 5.55. The Balaban J connectivity index is 1.58. The number of fused-ring (bicyclic) bond motifs is 1. The zero-order valence-electron chi connectivity index (χ0n) is 14.8. The maximum Gasteiger partial charge on any atom is 0.248 e. The van der Waals surface area contributed by atoms with Crippen molar-refractivity contribution in [1.29, 1.82) is 0 Å². The summed E-state index contributed by atoms with van der Waals surface area (Å²) in [7, 11) is 0. The van der Waals surface area contributed by atoms with Crippen LogP contribution in [-0.2, 0) is 0 Å².